The summed E-state index contributed by atoms with van der Waals surface area (Å²) in [4.78, 5) is 16.5. The SMILES string of the molecule is CCN1CCN(c2cc(CNC(=NC)N3CCC4(CCC4)C3)ccn2)CC1.I. The van der Waals surface area contributed by atoms with Crippen molar-refractivity contribution in [2.45, 2.75) is 39.2 Å². The van der Waals surface area contributed by atoms with Crippen LogP contribution in [0.5, 0.6) is 0 Å². The van der Waals surface area contributed by atoms with Gasteiger partial charge in [0.15, 0.2) is 5.96 Å². The smallest absolute Gasteiger partial charge is 0.193 e. The van der Waals surface area contributed by atoms with Crippen LogP contribution in [0.25, 0.3) is 0 Å². The molecule has 0 aromatic carbocycles. The molecule has 3 fully saturated rings. The number of hydrogen-bond donors (Lipinski definition) is 1. The van der Waals surface area contributed by atoms with Crippen LogP contribution in [0.3, 0.4) is 0 Å². The van der Waals surface area contributed by atoms with Crippen LogP contribution in [-0.2, 0) is 6.54 Å². The van der Waals surface area contributed by atoms with Gasteiger partial charge >= 0.3 is 0 Å². The van der Waals surface area contributed by atoms with Gasteiger partial charge in [-0.2, -0.15) is 0 Å². The molecule has 7 heteroatoms. The zero-order chi connectivity index (χ0) is 18.7. The highest BCUT2D eigenvalue weighted by Crippen LogP contribution is 2.47. The fourth-order valence-corrected chi connectivity index (χ4v) is 4.75. The Bertz CT molecular complexity index is 667. The molecule has 1 saturated carbocycles. The number of rotatable bonds is 4. The fraction of sp³-hybridized carbons (Fsp3) is 0.714. The third kappa shape index (κ3) is 4.72. The number of anilines is 1. The molecule has 1 N–H and O–H groups in total. The number of nitrogens with one attached hydrogen (secondary N) is 1. The summed E-state index contributed by atoms with van der Waals surface area (Å²) in [7, 11) is 1.90. The first-order valence-electron chi connectivity index (χ1n) is 10.6. The summed E-state index contributed by atoms with van der Waals surface area (Å²) in [5.41, 5.74) is 1.87. The van der Waals surface area contributed by atoms with Gasteiger partial charge in [-0.3, -0.25) is 4.99 Å². The zero-order valence-corrected chi connectivity index (χ0v) is 19.7. The Morgan fingerprint density at radius 1 is 1.18 bits per heavy atom. The van der Waals surface area contributed by atoms with Crippen molar-refractivity contribution in [2.24, 2.45) is 10.4 Å². The first-order valence-corrected chi connectivity index (χ1v) is 10.6. The normalized spacial score (nSPS) is 22.1. The molecule has 0 unspecified atom stereocenters. The van der Waals surface area contributed by atoms with Gasteiger partial charge in [0.05, 0.1) is 0 Å². The van der Waals surface area contributed by atoms with Crippen molar-refractivity contribution in [1.82, 2.24) is 20.1 Å². The highest BCUT2D eigenvalue weighted by atomic mass is 127. The lowest BCUT2D eigenvalue weighted by Gasteiger charge is -2.38. The van der Waals surface area contributed by atoms with E-state index in [9.17, 15) is 0 Å². The van der Waals surface area contributed by atoms with Crippen LogP contribution in [0.15, 0.2) is 23.3 Å². The molecule has 1 aliphatic carbocycles. The summed E-state index contributed by atoms with van der Waals surface area (Å²) in [6, 6.07) is 4.35. The van der Waals surface area contributed by atoms with Gasteiger partial charge in [0.25, 0.3) is 0 Å². The molecule has 0 amide bonds. The lowest BCUT2D eigenvalue weighted by atomic mass is 9.68. The van der Waals surface area contributed by atoms with Crippen molar-refractivity contribution < 1.29 is 0 Å². The maximum atomic E-state index is 4.62. The minimum atomic E-state index is 0. The van der Waals surface area contributed by atoms with Gasteiger partial charge in [-0.1, -0.05) is 13.3 Å². The minimum Gasteiger partial charge on any atom is -0.354 e. The highest BCUT2D eigenvalue weighted by molar-refractivity contribution is 14.0. The number of halogens is 1. The molecule has 3 aliphatic rings. The van der Waals surface area contributed by atoms with Gasteiger partial charge in [-0.25, -0.2) is 4.98 Å². The summed E-state index contributed by atoms with van der Waals surface area (Å²) in [6.45, 7) is 10.9. The van der Waals surface area contributed by atoms with E-state index in [0.717, 1.165) is 57.6 Å². The number of likely N-dealkylation sites (tertiary alicyclic amines) is 1. The van der Waals surface area contributed by atoms with Crippen molar-refractivity contribution in [3.63, 3.8) is 0 Å². The average molecular weight is 498 g/mol. The van der Waals surface area contributed by atoms with Crippen molar-refractivity contribution in [1.29, 1.82) is 0 Å². The molecule has 1 spiro atoms. The van der Waals surface area contributed by atoms with Crippen molar-refractivity contribution in [3.05, 3.63) is 23.9 Å². The molecule has 6 nitrogen and oxygen atoms in total. The van der Waals surface area contributed by atoms with Crippen LogP contribution in [-0.4, -0.2) is 73.6 Å². The number of piperazine rings is 1. The molecule has 2 aliphatic heterocycles. The Morgan fingerprint density at radius 3 is 2.57 bits per heavy atom. The van der Waals surface area contributed by atoms with Crippen LogP contribution in [0.1, 0.15) is 38.2 Å². The lowest BCUT2D eigenvalue weighted by Crippen LogP contribution is -2.46. The van der Waals surface area contributed by atoms with E-state index >= 15 is 0 Å². The van der Waals surface area contributed by atoms with Crippen LogP contribution < -0.4 is 10.2 Å². The molecule has 3 heterocycles. The van der Waals surface area contributed by atoms with E-state index in [1.165, 1.54) is 37.8 Å². The van der Waals surface area contributed by atoms with E-state index in [-0.39, 0.29) is 24.0 Å². The summed E-state index contributed by atoms with van der Waals surface area (Å²) in [6.07, 6.45) is 7.49. The lowest BCUT2D eigenvalue weighted by molar-refractivity contribution is 0.151. The molecule has 28 heavy (non-hydrogen) atoms. The largest absolute Gasteiger partial charge is 0.354 e. The van der Waals surface area contributed by atoms with Crippen LogP contribution in [0, 0.1) is 5.41 Å². The van der Waals surface area contributed by atoms with Gasteiger partial charge in [0, 0.05) is 59.1 Å². The number of hydrogen-bond acceptors (Lipinski definition) is 4. The number of nitrogens with zero attached hydrogens (tertiary/aromatic N) is 5. The maximum absolute atomic E-state index is 4.62. The third-order valence-corrected chi connectivity index (χ3v) is 6.77. The van der Waals surface area contributed by atoms with Gasteiger partial charge < -0.3 is 20.0 Å². The number of guanidine groups is 1. The summed E-state index contributed by atoms with van der Waals surface area (Å²) >= 11 is 0. The molecule has 0 radical (unpaired) electrons. The predicted molar refractivity (Wildman–Crippen MR) is 127 cm³/mol. The Balaban J connectivity index is 0.00000225. The van der Waals surface area contributed by atoms with Gasteiger partial charge in [0.1, 0.15) is 5.82 Å². The van der Waals surface area contributed by atoms with Crippen molar-refractivity contribution in [3.8, 4) is 0 Å². The Morgan fingerprint density at radius 2 is 1.96 bits per heavy atom. The quantitative estimate of drug-likeness (QED) is 0.393. The highest BCUT2D eigenvalue weighted by Gasteiger charge is 2.43. The Labute approximate surface area is 186 Å². The zero-order valence-electron chi connectivity index (χ0n) is 17.4. The average Bonchev–Trinajstić information content (AvgIpc) is 3.15. The standard InChI is InChI=1S/C21H34N6.HI/c1-3-25-11-13-26(14-12-25)19-15-18(5-9-23-19)16-24-20(22-2)27-10-8-21(17-27)6-4-7-21;/h5,9,15H,3-4,6-8,10-14,16-17H2,1-2H3,(H,22,24);1H. The summed E-state index contributed by atoms with van der Waals surface area (Å²) in [5, 5.41) is 3.58. The predicted octanol–water partition coefficient (Wildman–Crippen LogP) is 2.79. The fourth-order valence-electron chi connectivity index (χ4n) is 4.75. The number of likely N-dealkylation sites (N-methyl/N-ethyl adjacent to an activating group) is 1. The summed E-state index contributed by atoms with van der Waals surface area (Å²) in [5.74, 6) is 2.16. The number of pyridine rings is 1. The van der Waals surface area contributed by atoms with E-state index < -0.39 is 0 Å². The van der Waals surface area contributed by atoms with Crippen LogP contribution in [0.2, 0.25) is 0 Å². The third-order valence-electron chi connectivity index (χ3n) is 6.77. The topological polar surface area (TPSA) is 47.0 Å². The van der Waals surface area contributed by atoms with Crippen LogP contribution in [0.4, 0.5) is 5.82 Å². The van der Waals surface area contributed by atoms with Gasteiger partial charge in [0.2, 0.25) is 0 Å². The molecule has 0 atom stereocenters. The minimum absolute atomic E-state index is 0. The van der Waals surface area contributed by atoms with E-state index in [0.29, 0.717) is 5.41 Å². The first-order chi connectivity index (χ1) is 13.2. The Hall–Kier alpha value is -1.09. The van der Waals surface area contributed by atoms with Crippen molar-refractivity contribution >= 4 is 35.8 Å². The summed E-state index contributed by atoms with van der Waals surface area (Å²) < 4.78 is 0. The monoisotopic (exact) mass is 498 g/mol. The molecule has 4 rings (SSSR count). The molecule has 1 aromatic heterocycles. The van der Waals surface area contributed by atoms with Crippen LogP contribution >= 0.6 is 24.0 Å². The van der Waals surface area contributed by atoms with Gasteiger partial charge in [-0.05, 0) is 48.9 Å². The number of aromatic nitrogens is 1. The first kappa shape index (κ1) is 21.6. The molecule has 2 saturated heterocycles. The molecular weight excluding hydrogens is 463 g/mol. The van der Waals surface area contributed by atoms with Crippen molar-refractivity contribution in [2.75, 3.05) is 57.8 Å². The van der Waals surface area contributed by atoms with E-state index in [1.54, 1.807) is 0 Å². The molecule has 156 valence electrons. The van der Waals surface area contributed by atoms with E-state index in [1.807, 2.05) is 13.2 Å². The second-order valence-corrected chi connectivity index (χ2v) is 8.37. The number of aliphatic imine (C=N–C) groups is 1. The van der Waals surface area contributed by atoms with E-state index in [2.05, 4.69) is 49.0 Å². The molecule has 0 bridgehead atoms. The maximum Gasteiger partial charge on any atom is 0.193 e. The van der Waals surface area contributed by atoms with Gasteiger partial charge in [-0.15, -0.1) is 24.0 Å². The molecule has 1 aromatic rings. The second kappa shape index (κ2) is 9.61. The van der Waals surface area contributed by atoms with E-state index in [4.69, 9.17) is 0 Å². The Kier molecular flexibility index (Phi) is 7.42. The second-order valence-electron chi connectivity index (χ2n) is 8.37. The molecular formula is C21H35IN6.